The molecule has 1 heterocycles. The molecule has 0 aromatic rings. The lowest BCUT2D eigenvalue weighted by molar-refractivity contribution is 0.206. The number of hydrogen-bond donors (Lipinski definition) is 0. The van der Waals surface area contributed by atoms with E-state index in [2.05, 4.69) is 18.9 Å². The van der Waals surface area contributed by atoms with Crippen LogP contribution in [0.4, 0.5) is 0 Å². The van der Waals surface area contributed by atoms with Crippen LogP contribution in [0.3, 0.4) is 0 Å². The summed E-state index contributed by atoms with van der Waals surface area (Å²) in [6.07, 6.45) is 5.97. The molecule has 2 aliphatic rings. The van der Waals surface area contributed by atoms with Crippen molar-refractivity contribution in [3.63, 3.8) is 0 Å². The van der Waals surface area contributed by atoms with Crippen molar-refractivity contribution >= 4 is 0 Å². The van der Waals surface area contributed by atoms with Crippen LogP contribution in [0.15, 0.2) is 0 Å². The SMILES string of the molecule is C[C@@H]1CC1CC1CCN(C)CC1. The minimum atomic E-state index is 1.06. The normalized spacial score (nSPS) is 38.5. The topological polar surface area (TPSA) is 3.24 Å². The first-order valence-electron chi connectivity index (χ1n) is 5.44. The van der Waals surface area contributed by atoms with Gasteiger partial charge < -0.3 is 4.90 Å². The lowest BCUT2D eigenvalue weighted by Gasteiger charge is -2.28. The molecule has 0 aromatic heterocycles. The fourth-order valence-corrected chi connectivity index (χ4v) is 2.45. The zero-order chi connectivity index (χ0) is 8.55. The molecule has 1 aliphatic carbocycles. The molecule has 0 aromatic carbocycles. The van der Waals surface area contributed by atoms with E-state index in [9.17, 15) is 0 Å². The first-order valence-corrected chi connectivity index (χ1v) is 5.44. The molecular weight excluding hydrogens is 146 g/mol. The maximum absolute atomic E-state index is 2.47. The summed E-state index contributed by atoms with van der Waals surface area (Å²) in [6.45, 7) is 5.08. The van der Waals surface area contributed by atoms with Crippen LogP contribution in [0.25, 0.3) is 0 Å². The van der Waals surface area contributed by atoms with Gasteiger partial charge in [0.1, 0.15) is 0 Å². The van der Waals surface area contributed by atoms with E-state index in [-0.39, 0.29) is 0 Å². The van der Waals surface area contributed by atoms with Gasteiger partial charge in [-0.2, -0.15) is 0 Å². The van der Waals surface area contributed by atoms with Crippen molar-refractivity contribution in [1.29, 1.82) is 0 Å². The molecule has 0 amide bonds. The fourth-order valence-electron chi connectivity index (χ4n) is 2.45. The van der Waals surface area contributed by atoms with Crippen molar-refractivity contribution in [3.05, 3.63) is 0 Å². The van der Waals surface area contributed by atoms with Gasteiger partial charge in [-0.15, -0.1) is 0 Å². The van der Waals surface area contributed by atoms with E-state index in [0.29, 0.717) is 0 Å². The Bertz CT molecular complexity index is 147. The fraction of sp³-hybridized carbons (Fsp3) is 1.00. The summed E-state index contributed by atoms with van der Waals surface area (Å²) < 4.78 is 0. The van der Waals surface area contributed by atoms with Gasteiger partial charge in [0.25, 0.3) is 0 Å². The van der Waals surface area contributed by atoms with Crippen molar-refractivity contribution in [3.8, 4) is 0 Å². The molecule has 1 aliphatic heterocycles. The zero-order valence-corrected chi connectivity index (χ0v) is 8.42. The predicted octanol–water partition coefficient (Wildman–Crippen LogP) is 2.37. The molecule has 0 spiro atoms. The number of piperidine rings is 1. The minimum absolute atomic E-state index is 1.06. The summed E-state index contributed by atoms with van der Waals surface area (Å²) in [4.78, 5) is 2.47. The Balaban J connectivity index is 1.68. The Kier molecular flexibility index (Phi) is 2.40. The van der Waals surface area contributed by atoms with Crippen LogP contribution in [0.1, 0.15) is 32.6 Å². The highest BCUT2D eigenvalue weighted by Crippen LogP contribution is 2.44. The Morgan fingerprint density at radius 3 is 2.33 bits per heavy atom. The van der Waals surface area contributed by atoms with Crippen LogP contribution in [0, 0.1) is 17.8 Å². The lowest BCUT2D eigenvalue weighted by Crippen LogP contribution is -2.30. The summed E-state index contributed by atoms with van der Waals surface area (Å²) >= 11 is 0. The summed E-state index contributed by atoms with van der Waals surface area (Å²) in [7, 11) is 2.25. The Morgan fingerprint density at radius 1 is 1.25 bits per heavy atom. The average Bonchev–Trinajstić information content (AvgIpc) is 2.72. The maximum Gasteiger partial charge on any atom is -0.00191 e. The molecule has 1 saturated carbocycles. The van der Waals surface area contributed by atoms with Gasteiger partial charge in [0.2, 0.25) is 0 Å². The number of hydrogen-bond acceptors (Lipinski definition) is 1. The van der Waals surface area contributed by atoms with Gasteiger partial charge in [-0.1, -0.05) is 6.92 Å². The average molecular weight is 167 g/mol. The van der Waals surface area contributed by atoms with E-state index in [0.717, 1.165) is 17.8 Å². The molecule has 0 radical (unpaired) electrons. The van der Waals surface area contributed by atoms with Gasteiger partial charge in [0, 0.05) is 0 Å². The van der Waals surface area contributed by atoms with Gasteiger partial charge >= 0.3 is 0 Å². The first-order chi connectivity index (χ1) is 5.75. The molecule has 2 fully saturated rings. The second-order valence-electron chi connectivity index (χ2n) is 4.96. The largest absolute Gasteiger partial charge is 0.306 e. The quantitative estimate of drug-likeness (QED) is 0.610. The van der Waals surface area contributed by atoms with E-state index < -0.39 is 0 Å². The second kappa shape index (κ2) is 3.37. The summed E-state index contributed by atoms with van der Waals surface area (Å²) in [5.74, 6) is 3.24. The zero-order valence-electron chi connectivity index (χ0n) is 8.42. The Labute approximate surface area is 76.1 Å². The van der Waals surface area contributed by atoms with Crippen LogP contribution in [0.5, 0.6) is 0 Å². The van der Waals surface area contributed by atoms with Gasteiger partial charge in [0.05, 0.1) is 0 Å². The summed E-state index contributed by atoms with van der Waals surface area (Å²) in [5.41, 5.74) is 0. The van der Waals surface area contributed by atoms with Crippen LogP contribution in [0.2, 0.25) is 0 Å². The molecule has 2 rings (SSSR count). The van der Waals surface area contributed by atoms with Crippen LogP contribution in [-0.4, -0.2) is 25.0 Å². The van der Waals surface area contributed by atoms with Gasteiger partial charge in [0.15, 0.2) is 0 Å². The van der Waals surface area contributed by atoms with E-state index in [4.69, 9.17) is 0 Å². The van der Waals surface area contributed by atoms with E-state index >= 15 is 0 Å². The molecule has 70 valence electrons. The van der Waals surface area contributed by atoms with E-state index in [1.54, 1.807) is 0 Å². The molecule has 0 N–H and O–H groups in total. The molecule has 0 bridgehead atoms. The number of rotatable bonds is 2. The minimum Gasteiger partial charge on any atom is -0.306 e. The third-order valence-electron chi connectivity index (χ3n) is 3.75. The Hall–Kier alpha value is -0.0400. The van der Waals surface area contributed by atoms with Crippen LogP contribution < -0.4 is 0 Å². The third-order valence-corrected chi connectivity index (χ3v) is 3.75. The highest BCUT2D eigenvalue weighted by Gasteiger charge is 2.34. The highest BCUT2D eigenvalue weighted by molar-refractivity contribution is 4.85. The lowest BCUT2D eigenvalue weighted by atomic mass is 9.91. The highest BCUT2D eigenvalue weighted by atomic mass is 15.1. The summed E-state index contributed by atoms with van der Waals surface area (Å²) in [6, 6.07) is 0. The second-order valence-corrected chi connectivity index (χ2v) is 4.96. The molecule has 2 atom stereocenters. The first kappa shape index (κ1) is 8.55. The van der Waals surface area contributed by atoms with Crippen molar-refractivity contribution in [1.82, 2.24) is 4.90 Å². The third kappa shape index (κ3) is 2.01. The molecule has 1 saturated heterocycles. The molecule has 1 unspecified atom stereocenters. The van der Waals surface area contributed by atoms with Crippen molar-refractivity contribution < 1.29 is 0 Å². The standard InChI is InChI=1S/C11H21N/c1-9-7-11(9)8-10-3-5-12(2)6-4-10/h9-11H,3-8H2,1-2H3/t9-,11?/m1/s1. The van der Waals surface area contributed by atoms with Gasteiger partial charge in [-0.3, -0.25) is 0 Å². The maximum atomic E-state index is 2.47. The molecule has 12 heavy (non-hydrogen) atoms. The monoisotopic (exact) mass is 167 g/mol. The summed E-state index contributed by atoms with van der Waals surface area (Å²) in [5, 5.41) is 0. The number of likely N-dealkylation sites (tertiary alicyclic amines) is 1. The van der Waals surface area contributed by atoms with Gasteiger partial charge in [-0.05, 0) is 63.6 Å². The predicted molar refractivity (Wildman–Crippen MR) is 52.1 cm³/mol. The molecular formula is C11H21N. The number of nitrogens with zero attached hydrogens (tertiary/aromatic N) is 1. The van der Waals surface area contributed by atoms with Crippen molar-refractivity contribution in [2.45, 2.75) is 32.6 Å². The van der Waals surface area contributed by atoms with Crippen LogP contribution in [-0.2, 0) is 0 Å². The van der Waals surface area contributed by atoms with E-state index in [1.165, 1.54) is 38.8 Å². The van der Waals surface area contributed by atoms with E-state index in [1.807, 2.05) is 0 Å². The van der Waals surface area contributed by atoms with Crippen molar-refractivity contribution in [2.75, 3.05) is 20.1 Å². The van der Waals surface area contributed by atoms with Crippen molar-refractivity contribution in [2.24, 2.45) is 17.8 Å². The van der Waals surface area contributed by atoms with Crippen LogP contribution >= 0.6 is 0 Å². The molecule has 1 nitrogen and oxygen atoms in total. The Morgan fingerprint density at radius 2 is 1.83 bits per heavy atom. The smallest absolute Gasteiger partial charge is 0.00191 e. The molecule has 1 heteroatoms. The van der Waals surface area contributed by atoms with Gasteiger partial charge in [-0.25, -0.2) is 0 Å².